The maximum Gasteiger partial charge on any atom is 0.160 e. The summed E-state index contributed by atoms with van der Waals surface area (Å²) in [6.07, 6.45) is 5.50. The van der Waals surface area contributed by atoms with E-state index in [0.717, 1.165) is 23.3 Å². The SMILES string of the molecule is CCn1cnc(-c2ccc3[c]ccnc3n2)c1. The Bertz CT molecular complexity index is 657. The number of aryl methyl sites for hydroxylation is 1. The van der Waals surface area contributed by atoms with Crippen LogP contribution in [0.3, 0.4) is 0 Å². The van der Waals surface area contributed by atoms with E-state index in [1.807, 2.05) is 29.2 Å². The second-order valence-corrected chi connectivity index (χ2v) is 3.75. The van der Waals surface area contributed by atoms with Gasteiger partial charge >= 0.3 is 0 Å². The molecule has 3 aromatic rings. The Morgan fingerprint density at radius 1 is 1.24 bits per heavy atom. The molecule has 0 amide bonds. The number of imidazole rings is 1. The van der Waals surface area contributed by atoms with Crippen LogP contribution in [-0.4, -0.2) is 19.5 Å². The van der Waals surface area contributed by atoms with Gasteiger partial charge in [0.05, 0.1) is 12.0 Å². The van der Waals surface area contributed by atoms with Gasteiger partial charge in [-0.2, -0.15) is 0 Å². The lowest BCUT2D eigenvalue weighted by Gasteiger charge is -1.98. The van der Waals surface area contributed by atoms with E-state index >= 15 is 0 Å². The number of hydrogen-bond donors (Lipinski definition) is 0. The molecule has 83 valence electrons. The number of fused-ring (bicyclic) bond motifs is 1. The van der Waals surface area contributed by atoms with E-state index in [4.69, 9.17) is 0 Å². The summed E-state index contributed by atoms with van der Waals surface area (Å²) in [4.78, 5) is 13.0. The largest absolute Gasteiger partial charge is 0.337 e. The quantitative estimate of drug-likeness (QED) is 0.669. The molecule has 0 bridgehead atoms. The fourth-order valence-electron chi connectivity index (χ4n) is 1.70. The predicted octanol–water partition coefficient (Wildman–Crippen LogP) is 2.31. The van der Waals surface area contributed by atoms with E-state index in [0.29, 0.717) is 5.65 Å². The fraction of sp³-hybridized carbons (Fsp3) is 0.154. The molecule has 0 saturated carbocycles. The van der Waals surface area contributed by atoms with Crippen molar-refractivity contribution in [3.8, 4) is 11.4 Å². The van der Waals surface area contributed by atoms with Crippen LogP contribution in [0.25, 0.3) is 22.4 Å². The van der Waals surface area contributed by atoms with Gasteiger partial charge in [0, 0.05) is 24.3 Å². The van der Waals surface area contributed by atoms with Crippen molar-refractivity contribution in [1.29, 1.82) is 0 Å². The molecular formula is C13H11N4. The van der Waals surface area contributed by atoms with E-state index < -0.39 is 0 Å². The summed E-state index contributed by atoms with van der Waals surface area (Å²) >= 11 is 0. The maximum atomic E-state index is 4.47. The summed E-state index contributed by atoms with van der Waals surface area (Å²) in [7, 11) is 0. The molecule has 0 saturated heterocycles. The number of rotatable bonds is 2. The molecule has 4 nitrogen and oxygen atoms in total. The first-order valence-corrected chi connectivity index (χ1v) is 5.52. The summed E-state index contributed by atoms with van der Waals surface area (Å²) in [6, 6.07) is 8.80. The van der Waals surface area contributed by atoms with Gasteiger partial charge in [-0.3, -0.25) is 0 Å². The zero-order chi connectivity index (χ0) is 11.7. The smallest absolute Gasteiger partial charge is 0.160 e. The third kappa shape index (κ3) is 1.78. The molecule has 0 atom stereocenters. The Balaban J connectivity index is 2.11. The van der Waals surface area contributed by atoms with E-state index in [-0.39, 0.29) is 0 Å². The van der Waals surface area contributed by atoms with Gasteiger partial charge in [-0.1, -0.05) is 0 Å². The Morgan fingerprint density at radius 2 is 2.18 bits per heavy atom. The third-order valence-electron chi connectivity index (χ3n) is 2.65. The molecular weight excluding hydrogens is 212 g/mol. The van der Waals surface area contributed by atoms with Crippen LogP contribution in [0.5, 0.6) is 0 Å². The van der Waals surface area contributed by atoms with Crippen molar-refractivity contribution in [2.45, 2.75) is 13.5 Å². The van der Waals surface area contributed by atoms with Crippen LogP contribution in [0.15, 0.2) is 36.9 Å². The zero-order valence-corrected chi connectivity index (χ0v) is 9.46. The van der Waals surface area contributed by atoms with Crippen molar-refractivity contribution >= 4 is 11.0 Å². The topological polar surface area (TPSA) is 43.6 Å². The summed E-state index contributed by atoms with van der Waals surface area (Å²) in [5.74, 6) is 0. The van der Waals surface area contributed by atoms with Crippen LogP contribution >= 0.6 is 0 Å². The minimum absolute atomic E-state index is 0.705. The van der Waals surface area contributed by atoms with Gasteiger partial charge < -0.3 is 4.57 Å². The van der Waals surface area contributed by atoms with Crippen LogP contribution < -0.4 is 0 Å². The predicted molar refractivity (Wildman–Crippen MR) is 65.3 cm³/mol. The average molecular weight is 223 g/mol. The molecule has 0 fully saturated rings. The molecule has 1 radical (unpaired) electrons. The third-order valence-corrected chi connectivity index (χ3v) is 2.65. The van der Waals surface area contributed by atoms with Gasteiger partial charge in [0.1, 0.15) is 5.69 Å². The molecule has 0 aliphatic carbocycles. The number of pyridine rings is 2. The summed E-state index contributed by atoms with van der Waals surface area (Å²) in [5, 5.41) is 0.922. The first-order valence-electron chi connectivity index (χ1n) is 5.52. The van der Waals surface area contributed by atoms with Crippen LogP contribution in [0.2, 0.25) is 0 Å². The summed E-state index contributed by atoms with van der Waals surface area (Å²) in [6.45, 7) is 2.99. The van der Waals surface area contributed by atoms with Crippen LogP contribution in [0.1, 0.15) is 6.92 Å². The minimum Gasteiger partial charge on any atom is -0.337 e. The van der Waals surface area contributed by atoms with Crippen molar-refractivity contribution < 1.29 is 0 Å². The molecule has 0 N–H and O–H groups in total. The van der Waals surface area contributed by atoms with Gasteiger partial charge in [-0.25, -0.2) is 15.0 Å². The second-order valence-electron chi connectivity index (χ2n) is 3.75. The average Bonchev–Trinajstić information content (AvgIpc) is 2.87. The number of nitrogens with zero attached hydrogens (tertiary/aromatic N) is 4. The monoisotopic (exact) mass is 223 g/mol. The second kappa shape index (κ2) is 3.97. The molecule has 0 aromatic carbocycles. The van der Waals surface area contributed by atoms with Gasteiger partial charge in [-0.15, -0.1) is 0 Å². The summed E-state index contributed by atoms with van der Waals surface area (Å²) < 4.78 is 2.02. The first-order chi connectivity index (χ1) is 8.36. The molecule has 4 heteroatoms. The standard InChI is InChI=1S/C13H11N4/c1-2-17-8-12(15-9-17)11-6-5-10-4-3-7-14-13(10)16-11/h3,5-9H,2H2,1H3. The van der Waals surface area contributed by atoms with Gasteiger partial charge in [-0.05, 0) is 31.2 Å². The van der Waals surface area contributed by atoms with Crippen LogP contribution in [0.4, 0.5) is 0 Å². The highest BCUT2D eigenvalue weighted by Gasteiger charge is 2.04. The highest BCUT2D eigenvalue weighted by atomic mass is 15.0. The molecule has 0 spiro atoms. The van der Waals surface area contributed by atoms with Crippen molar-refractivity contribution in [2.75, 3.05) is 0 Å². The van der Waals surface area contributed by atoms with Crippen molar-refractivity contribution in [2.24, 2.45) is 0 Å². The Labute approximate surface area is 99.0 Å². The lowest BCUT2D eigenvalue weighted by Crippen LogP contribution is -1.88. The van der Waals surface area contributed by atoms with E-state index in [9.17, 15) is 0 Å². The molecule has 3 heterocycles. The Kier molecular flexibility index (Phi) is 2.33. The molecule has 3 rings (SSSR count). The van der Waals surface area contributed by atoms with Crippen molar-refractivity contribution in [3.05, 3.63) is 43.0 Å². The zero-order valence-electron chi connectivity index (χ0n) is 9.46. The molecule has 0 aliphatic heterocycles. The highest BCUT2D eigenvalue weighted by molar-refractivity contribution is 5.76. The van der Waals surface area contributed by atoms with E-state index in [2.05, 4.69) is 27.9 Å². The molecule has 0 unspecified atom stereocenters. The van der Waals surface area contributed by atoms with E-state index in [1.54, 1.807) is 12.3 Å². The fourth-order valence-corrected chi connectivity index (χ4v) is 1.70. The van der Waals surface area contributed by atoms with Crippen LogP contribution in [-0.2, 0) is 6.54 Å². The van der Waals surface area contributed by atoms with Crippen molar-refractivity contribution in [1.82, 2.24) is 19.5 Å². The highest BCUT2D eigenvalue weighted by Crippen LogP contribution is 2.17. The Hall–Kier alpha value is -2.23. The molecule has 3 aromatic heterocycles. The van der Waals surface area contributed by atoms with E-state index in [1.165, 1.54) is 0 Å². The normalized spacial score (nSPS) is 10.9. The lowest BCUT2D eigenvalue weighted by molar-refractivity contribution is 0.762. The number of aromatic nitrogens is 4. The van der Waals surface area contributed by atoms with Gasteiger partial charge in [0.25, 0.3) is 0 Å². The lowest BCUT2D eigenvalue weighted by atomic mass is 10.2. The van der Waals surface area contributed by atoms with Gasteiger partial charge in [0.2, 0.25) is 0 Å². The molecule has 0 aliphatic rings. The molecule has 17 heavy (non-hydrogen) atoms. The van der Waals surface area contributed by atoms with Gasteiger partial charge in [0.15, 0.2) is 5.65 Å². The Morgan fingerprint density at radius 3 is 3.00 bits per heavy atom. The van der Waals surface area contributed by atoms with Crippen LogP contribution in [0, 0.1) is 6.07 Å². The summed E-state index contributed by atoms with van der Waals surface area (Å²) in [5.41, 5.74) is 2.42. The number of hydrogen-bond acceptors (Lipinski definition) is 3. The van der Waals surface area contributed by atoms with Crippen molar-refractivity contribution in [3.63, 3.8) is 0 Å². The minimum atomic E-state index is 0.705. The maximum absolute atomic E-state index is 4.47. The first kappa shape index (κ1) is 9.96.